The van der Waals surface area contributed by atoms with Crippen LogP contribution in [0, 0.1) is 0 Å². The average molecular weight is 276 g/mol. The Labute approximate surface area is 120 Å². The van der Waals surface area contributed by atoms with Crippen LogP contribution in [0.4, 0.5) is 5.82 Å². The van der Waals surface area contributed by atoms with E-state index in [2.05, 4.69) is 28.2 Å². The fourth-order valence-corrected chi connectivity index (χ4v) is 2.66. The van der Waals surface area contributed by atoms with E-state index >= 15 is 0 Å². The summed E-state index contributed by atoms with van der Waals surface area (Å²) in [5.41, 5.74) is 6.67. The third kappa shape index (κ3) is 3.93. The van der Waals surface area contributed by atoms with Crippen LogP contribution in [-0.4, -0.2) is 34.9 Å². The van der Waals surface area contributed by atoms with Crippen LogP contribution in [0.25, 0.3) is 0 Å². The molecule has 1 unspecified atom stereocenters. The molecule has 2 rings (SSSR count). The summed E-state index contributed by atoms with van der Waals surface area (Å²) >= 11 is 0. The molecule has 110 valence electrons. The van der Waals surface area contributed by atoms with Crippen molar-refractivity contribution in [1.29, 1.82) is 0 Å². The number of aromatic nitrogens is 1. The van der Waals surface area contributed by atoms with E-state index in [-0.39, 0.29) is 11.9 Å². The molecular formula is C15H24N4O. The second-order valence-electron chi connectivity index (χ2n) is 5.36. The van der Waals surface area contributed by atoms with Gasteiger partial charge in [-0.1, -0.05) is 13.3 Å². The standard InChI is InChI=1S/C15H24N4O/c1-2-7-17-14-10-12(6-8-18-14)11-19-9-4-3-5-13(19)15(16)20/h6,8,10,13H,2-5,7,9,11H2,1H3,(H2,16,20)(H,17,18). The number of anilines is 1. The van der Waals surface area contributed by atoms with Crippen molar-refractivity contribution in [2.45, 2.75) is 45.2 Å². The number of hydrogen-bond acceptors (Lipinski definition) is 4. The number of amides is 1. The summed E-state index contributed by atoms with van der Waals surface area (Å²) in [6.07, 6.45) is 5.99. The lowest BCUT2D eigenvalue weighted by atomic mass is 10.0. The number of nitrogens with zero attached hydrogens (tertiary/aromatic N) is 2. The molecule has 5 heteroatoms. The van der Waals surface area contributed by atoms with Gasteiger partial charge in [-0.2, -0.15) is 0 Å². The number of piperidine rings is 1. The molecule has 0 spiro atoms. The Hall–Kier alpha value is -1.62. The molecule has 1 aliphatic heterocycles. The highest BCUT2D eigenvalue weighted by molar-refractivity contribution is 5.79. The summed E-state index contributed by atoms with van der Waals surface area (Å²) in [5, 5.41) is 3.28. The van der Waals surface area contributed by atoms with Crippen molar-refractivity contribution in [2.24, 2.45) is 5.73 Å². The minimum absolute atomic E-state index is 0.121. The van der Waals surface area contributed by atoms with Gasteiger partial charge < -0.3 is 11.1 Å². The first-order chi connectivity index (χ1) is 9.70. The van der Waals surface area contributed by atoms with E-state index in [4.69, 9.17) is 5.73 Å². The number of carbonyl (C=O) groups is 1. The van der Waals surface area contributed by atoms with E-state index in [0.29, 0.717) is 0 Å². The fraction of sp³-hybridized carbons (Fsp3) is 0.600. The Bertz CT molecular complexity index is 449. The minimum atomic E-state index is -0.205. The zero-order valence-corrected chi connectivity index (χ0v) is 12.1. The first kappa shape index (κ1) is 14.8. The summed E-state index contributed by atoms with van der Waals surface area (Å²) in [6, 6.07) is 3.94. The van der Waals surface area contributed by atoms with Crippen LogP contribution in [0.15, 0.2) is 18.3 Å². The second kappa shape index (κ2) is 7.24. The zero-order chi connectivity index (χ0) is 14.4. The van der Waals surface area contributed by atoms with Crippen molar-refractivity contribution in [2.75, 3.05) is 18.4 Å². The van der Waals surface area contributed by atoms with Crippen LogP contribution in [-0.2, 0) is 11.3 Å². The molecule has 0 aromatic carbocycles. The van der Waals surface area contributed by atoms with E-state index in [9.17, 15) is 4.79 Å². The molecule has 0 bridgehead atoms. The third-order valence-corrected chi connectivity index (χ3v) is 3.71. The molecule has 1 amide bonds. The molecule has 2 heterocycles. The Balaban J connectivity index is 2.02. The quantitative estimate of drug-likeness (QED) is 0.830. The summed E-state index contributed by atoms with van der Waals surface area (Å²) in [6.45, 7) is 4.75. The Morgan fingerprint density at radius 1 is 1.55 bits per heavy atom. The average Bonchev–Trinajstić information content (AvgIpc) is 2.46. The predicted molar refractivity (Wildman–Crippen MR) is 80.3 cm³/mol. The van der Waals surface area contributed by atoms with Crippen molar-refractivity contribution in [3.05, 3.63) is 23.9 Å². The molecule has 0 aliphatic carbocycles. The highest BCUT2D eigenvalue weighted by Crippen LogP contribution is 2.20. The summed E-state index contributed by atoms with van der Waals surface area (Å²) < 4.78 is 0. The maximum atomic E-state index is 11.5. The highest BCUT2D eigenvalue weighted by Gasteiger charge is 2.26. The van der Waals surface area contributed by atoms with Gasteiger partial charge in [0.15, 0.2) is 0 Å². The van der Waals surface area contributed by atoms with Crippen molar-refractivity contribution >= 4 is 11.7 Å². The molecule has 3 N–H and O–H groups in total. The molecule has 1 aromatic heterocycles. The predicted octanol–water partition coefficient (Wildman–Crippen LogP) is 1.74. The van der Waals surface area contributed by atoms with E-state index < -0.39 is 0 Å². The molecule has 5 nitrogen and oxygen atoms in total. The molecule has 20 heavy (non-hydrogen) atoms. The number of primary amides is 1. The number of hydrogen-bond donors (Lipinski definition) is 2. The minimum Gasteiger partial charge on any atom is -0.370 e. The van der Waals surface area contributed by atoms with Gasteiger partial charge in [-0.15, -0.1) is 0 Å². The first-order valence-corrected chi connectivity index (χ1v) is 7.43. The summed E-state index contributed by atoms with van der Waals surface area (Å²) in [4.78, 5) is 18.0. The maximum absolute atomic E-state index is 11.5. The Kier molecular flexibility index (Phi) is 5.35. The smallest absolute Gasteiger partial charge is 0.234 e. The van der Waals surface area contributed by atoms with Crippen LogP contribution in [0.5, 0.6) is 0 Å². The molecule has 1 aromatic rings. The molecule has 1 fully saturated rings. The number of rotatable bonds is 6. The van der Waals surface area contributed by atoms with Gasteiger partial charge in [0.25, 0.3) is 0 Å². The number of carbonyl (C=O) groups excluding carboxylic acids is 1. The molecule has 1 atom stereocenters. The largest absolute Gasteiger partial charge is 0.370 e. The summed E-state index contributed by atoms with van der Waals surface area (Å²) in [7, 11) is 0. The lowest BCUT2D eigenvalue weighted by Gasteiger charge is -2.33. The van der Waals surface area contributed by atoms with Crippen molar-refractivity contribution in [3.8, 4) is 0 Å². The second-order valence-corrected chi connectivity index (χ2v) is 5.36. The van der Waals surface area contributed by atoms with Crippen LogP contribution in [0.3, 0.4) is 0 Å². The van der Waals surface area contributed by atoms with Crippen LogP contribution in [0.1, 0.15) is 38.2 Å². The topological polar surface area (TPSA) is 71.2 Å². The normalized spacial score (nSPS) is 19.8. The molecule has 1 saturated heterocycles. The monoisotopic (exact) mass is 276 g/mol. The third-order valence-electron chi connectivity index (χ3n) is 3.71. The highest BCUT2D eigenvalue weighted by atomic mass is 16.1. The molecule has 0 saturated carbocycles. The van der Waals surface area contributed by atoms with Gasteiger partial charge in [0, 0.05) is 19.3 Å². The SMILES string of the molecule is CCCNc1cc(CN2CCCCC2C(N)=O)ccn1. The zero-order valence-electron chi connectivity index (χ0n) is 12.1. The van der Waals surface area contributed by atoms with Crippen LogP contribution >= 0.6 is 0 Å². The van der Waals surface area contributed by atoms with Gasteiger partial charge in [-0.3, -0.25) is 9.69 Å². The molecule has 0 radical (unpaired) electrons. The van der Waals surface area contributed by atoms with E-state index in [1.807, 2.05) is 12.3 Å². The van der Waals surface area contributed by atoms with Crippen LogP contribution < -0.4 is 11.1 Å². The number of pyridine rings is 1. The number of nitrogens with one attached hydrogen (secondary N) is 1. The van der Waals surface area contributed by atoms with Gasteiger partial charge in [0.2, 0.25) is 5.91 Å². The lowest BCUT2D eigenvalue weighted by molar-refractivity contribution is -0.124. The number of likely N-dealkylation sites (tertiary alicyclic amines) is 1. The summed E-state index contributed by atoms with van der Waals surface area (Å²) in [5.74, 6) is 0.695. The Morgan fingerprint density at radius 3 is 3.15 bits per heavy atom. The first-order valence-electron chi connectivity index (χ1n) is 7.43. The van der Waals surface area contributed by atoms with Crippen molar-refractivity contribution < 1.29 is 4.79 Å². The van der Waals surface area contributed by atoms with Gasteiger partial charge in [-0.25, -0.2) is 4.98 Å². The van der Waals surface area contributed by atoms with E-state index in [1.54, 1.807) is 0 Å². The lowest BCUT2D eigenvalue weighted by Crippen LogP contribution is -2.47. The van der Waals surface area contributed by atoms with Crippen molar-refractivity contribution in [1.82, 2.24) is 9.88 Å². The molecule has 1 aliphatic rings. The Morgan fingerprint density at radius 2 is 2.40 bits per heavy atom. The van der Waals surface area contributed by atoms with Gasteiger partial charge >= 0.3 is 0 Å². The van der Waals surface area contributed by atoms with Gasteiger partial charge in [-0.05, 0) is 43.5 Å². The van der Waals surface area contributed by atoms with Crippen molar-refractivity contribution in [3.63, 3.8) is 0 Å². The van der Waals surface area contributed by atoms with E-state index in [0.717, 1.165) is 51.1 Å². The van der Waals surface area contributed by atoms with Crippen LogP contribution in [0.2, 0.25) is 0 Å². The molecular weight excluding hydrogens is 252 g/mol. The fourth-order valence-electron chi connectivity index (χ4n) is 2.66. The van der Waals surface area contributed by atoms with Gasteiger partial charge in [0.05, 0.1) is 6.04 Å². The number of nitrogens with two attached hydrogens (primary N) is 1. The maximum Gasteiger partial charge on any atom is 0.234 e. The van der Waals surface area contributed by atoms with Gasteiger partial charge in [0.1, 0.15) is 5.82 Å². The van der Waals surface area contributed by atoms with E-state index in [1.165, 1.54) is 5.56 Å².